The number of aliphatic carboxylic acids is 2. The summed E-state index contributed by atoms with van der Waals surface area (Å²) in [5.74, 6) is -6.71. The van der Waals surface area contributed by atoms with Crippen molar-refractivity contribution in [3.63, 3.8) is 0 Å². The van der Waals surface area contributed by atoms with Gasteiger partial charge in [-0.3, -0.25) is 20.4 Å². The molecule has 66 valence electrons. The van der Waals surface area contributed by atoms with Gasteiger partial charge in [0.05, 0.1) is 0 Å². The number of carboxylic acid groups (broad SMARTS) is 2. The van der Waals surface area contributed by atoms with Crippen LogP contribution < -0.4 is 10.9 Å². The van der Waals surface area contributed by atoms with Gasteiger partial charge in [0.1, 0.15) is 0 Å². The molecular weight excluding hydrogens is 172 g/mol. The van der Waals surface area contributed by atoms with Gasteiger partial charge in [0, 0.05) is 0 Å². The van der Waals surface area contributed by atoms with Gasteiger partial charge in [0.15, 0.2) is 0 Å². The molecule has 0 unspecified atom stereocenters. The van der Waals surface area contributed by atoms with Gasteiger partial charge < -0.3 is 10.2 Å². The maximum atomic E-state index is 10.2. The van der Waals surface area contributed by atoms with Crippen molar-refractivity contribution in [3.8, 4) is 0 Å². The number of hydrazine groups is 1. The number of hydrogen-bond acceptors (Lipinski definition) is 4. The lowest BCUT2D eigenvalue weighted by atomic mass is 10.6. The Labute approximate surface area is 65.1 Å². The van der Waals surface area contributed by atoms with Crippen LogP contribution in [0.3, 0.4) is 0 Å². The van der Waals surface area contributed by atoms with Crippen molar-refractivity contribution in [2.75, 3.05) is 0 Å². The van der Waals surface area contributed by atoms with Gasteiger partial charge in [0.2, 0.25) is 0 Å². The fraction of sp³-hybridized carbons (Fsp3) is 0. The molecule has 0 aromatic carbocycles. The highest BCUT2D eigenvalue weighted by Crippen LogP contribution is 1.65. The fourth-order valence-corrected chi connectivity index (χ4v) is 0.220. The molecule has 0 heterocycles. The van der Waals surface area contributed by atoms with Crippen LogP contribution in [0.1, 0.15) is 0 Å². The summed E-state index contributed by atoms with van der Waals surface area (Å²) < 4.78 is 0. The van der Waals surface area contributed by atoms with Crippen LogP contribution in [0.25, 0.3) is 0 Å². The van der Waals surface area contributed by atoms with Gasteiger partial charge in [-0.05, 0) is 0 Å². The third kappa shape index (κ3) is 3.15. The molecule has 0 aromatic heterocycles. The normalized spacial score (nSPS) is 8.33. The maximum absolute atomic E-state index is 10.2. The number of nitrogens with one attached hydrogen (secondary N) is 2. The van der Waals surface area contributed by atoms with Crippen molar-refractivity contribution in [1.82, 2.24) is 10.9 Å². The highest BCUT2D eigenvalue weighted by atomic mass is 16.4. The first-order valence-electron chi connectivity index (χ1n) is 2.51. The Balaban J connectivity index is 3.85. The average Bonchev–Trinajstić information content (AvgIpc) is 1.98. The molecule has 0 aromatic rings. The van der Waals surface area contributed by atoms with Crippen molar-refractivity contribution in [2.24, 2.45) is 0 Å². The second kappa shape index (κ2) is 3.91. The Bertz CT molecular complexity index is 220. The molecule has 0 bridgehead atoms. The molecule has 2 amide bonds. The molecule has 0 aliphatic heterocycles. The summed E-state index contributed by atoms with van der Waals surface area (Å²) >= 11 is 0. The molecule has 0 radical (unpaired) electrons. The predicted octanol–water partition coefficient (Wildman–Crippen LogP) is -2.70. The zero-order valence-electron chi connectivity index (χ0n) is 5.53. The van der Waals surface area contributed by atoms with Gasteiger partial charge in [-0.15, -0.1) is 0 Å². The van der Waals surface area contributed by atoms with Crippen LogP contribution in [-0.2, 0) is 19.2 Å². The molecule has 12 heavy (non-hydrogen) atoms. The van der Waals surface area contributed by atoms with Crippen LogP contribution in [-0.4, -0.2) is 34.0 Å². The van der Waals surface area contributed by atoms with E-state index in [2.05, 4.69) is 0 Å². The quantitative estimate of drug-likeness (QED) is 0.234. The first kappa shape index (κ1) is 9.88. The molecule has 0 aliphatic carbocycles. The van der Waals surface area contributed by atoms with E-state index < -0.39 is 23.8 Å². The van der Waals surface area contributed by atoms with E-state index in [0.717, 1.165) is 0 Å². The minimum absolute atomic E-state index is 1.34. The number of hydrogen-bond donors (Lipinski definition) is 4. The van der Waals surface area contributed by atoms with Crippen LogP contribution in [0.15, 0.2) is 0 Å². The van der Waals surface area contributed by atoms with E-state index in [9.17, 15) is 19.2 Å². The third-order valence-corrected chi connectivity index (χ3v) is 0.678. The maximum Gasteiger partial charge on any atom is 0.396 e. The first-order chi connectivity index (χ1) is 5.45. The van der Waals surface area contributed by atoms with E-state index in [1.54, 1.807) is 0 Å². The van der Waals surface area contributed by atoms with Crippen molar-refractivity contribution in [1.29, 1.82) is 0 Å². The predicted molar refractivity (Wildman–Crippen MR) is 31.6 cm³/mol. The lowest BCUT2D eigenvalue weighted by Gasteiger charge is -1.99. The summed E-state index contributed by atoms with van der Waals surface area (Å²) in [5.41, 5.74) is 2.69. The summed E-state index contributed by atoms with van der Waals surface area (Å²) in [6, 6.07) is 0. The van der Waals surface area contributed by atoms with Crippen molar-refractivity contribution in [2.45, 2.75) is 0 Å². The molecule has 8 nitrogen and oxygen atoms in total. The molecule has 0 saturated heterocycles. The number of carbonyl (C=O) groups is 4. The summed E-state index contributed by atoms with van der Waals surface area (Å²) in [5, 5.41) is 15.8. The molecular formula is C4H4N2O6. The van der Waals surface area contributed by atoms with E-state index in [1.165, 1.54) is 10.9 Å². The largest absolute Gasteiger partial charge is 0.474 e. The average molecular weight is 176 g/mol. The number of carboxylic acids is 2. The molecule has 0 spiro atoms. The highest BCUT2D eigenvalue weighted by Gasteiger charge is 2.15. The second-order valence-electron chi connectivity index (χ2n) is 1.52. The lowest BCUT2D eigenvalue weighted by molar-refractivity contribution is -0.154. The minimum atomic E-state index is -1.83. The van der Waals surface area contributed by atoms with Gasteiger partial charge in [-0.1, -0.05) is 0 Å². The zero-order chi connectivity index (χ0) is 9.72. The van der Waals surface area contributed by atoms with Gasteiger partial charge in [0.25, 0.3) is 0 Å². The van der Waals surface area contributed by atoms with E-state index in [0.29, 0.717) is 0 Å². The van der Waals surface area contributed by atoms with Crippen LogP contribution in [0.4, 0.5) is 0 Å². The van der Waals surface area contributed by atoms with Crippen LogP contribution in [0, 0.1) is 0 Å². The standard InChI is InChI=1S/C4H4N2O6/c7-1(3(9)10)5-6-2(8)4(11)12/h(H,5,7)(H,6,8)(H,9,10)(H,11,12). The second-order valence-corrected chi connectivity index (χ2v) is 1.52. The van der Waals surface area contributed by atoms with Crippen LogP contribution >= 0.6 is 0 Å². The molecule has 8 heteroatoms. The zero-order valence-corrected chi connectivity index (χ0v) is 5.53. The summed E-state index contributed by atoms with van der Waals surface area (Å²) in [7, 11) is 0. The summed E-state index contributed by atoms with van der Waals surface area (Å²) in [6.07, 6.45) is 0. The molecule has 0 aliphatic rings. The number of rotatable bonds is 0. The van der Waals surface area contributed by atoms with E-state index in [4.69, 9.17) is 10.2 Å². The smallest absolute Gasteiger partial charge is 0.396 e. The van der Waals surface area contributed by atoms with Crippen molar-refractivity contribution >= 4 is 23.8 Å². The van der Waals surface area contributed by atoms with Gasteiger partial charge in [-0.25, -0.2) is 9.59 Å². The van der Waals surface area contributed by atoms with E-state index >= 15 is 0 Å². The summed E-state index contributed by atoms with van der Waals surface area (Å²) in [6.45, 7) is 0. The Morgan fingerprint density at radius 1 is 0.750 bits per heavy atom. The summed E-state index contributed by atoms with van der Waals surface area (Å²) in [4.78, 5) is 39.8. The molecule has 0 saturated carbocycles. The van der Waals surface area contributed by atoms with E-state index in [-0.39, 0.29) is 0 Å². The Morgan fingerprint density at radius 2 is 1.00 bits per heavy atom. The van der Waals surface area contributed by atoms with Gasteiger partial charge in [-0.2, -0.15) is 0 Å². The topological polar surface area (TPSA) is 133 Å². The minimum Gasteiger partial charge on any atom is -0.474 e. The molecule has 0 rings (SSSR count). The first-order valence-corrected chi connectivity index (χ1v) is 2.51. The Hall–Kier alpha value is -2.12. The Morgan fingerprint density at radius 3 is 1.17 bits per heavy atom. The Kier molecular flexibility index (Phi) is 3.22. The monoisotopic (exact) mass is 176 g/mol. The van der Waals surface area contributed by atoms with Crippen LogP contribution in [0.5, 0.6) is 0 Å². The highest BCUT2D eigenvalue weighted by molar-refractivity contribution is 6.34. The molecule has 0 fully saturated rings. The SMILES string of the molecule is O=C(O)C(=O)NNC(=O)C(=O)O. The molecule has 4 N–H and O–H groups in total. The van der Waals surface area contributed by atoms with Gasteiger partial charge >= 0.3 is 23.8 Å². The number of carbonyl (C=O) groups excluding carboxylic acids is 2. The van der Waals surface area contributed by atoms with Crippen molar-refractivity contribution < 1.29 is 29.4 Å². The molecule has 0 atom stereocenters. The van der Waals surface area contributed by atoms with Crippen LogP contribution in [0.2, 0.25) is 0 Å². The van der Waals surface area contributed by atoms with E-state index in [1.807, 2.05) is 0 Å². The number of amides is 2. The van der Waals surface area contributed by atoms with Crippen molar-refractivity contribution in [3.05, 3.63) is 0 Å². The lowest BCUT2D eigenvalue weighted by Crippen LogP contribution is -2.47. The third-order valence-electron chi connectivity index (χ3n) is 0.678. The fourth-order valence-electron chi connectivity index (χ4n) is 0.220.